The van der Waals surface area contributed by atoms with E-state index >= 15 is 0 Å². The third-order valence-electron chi connectivity index (χ3n) is 2.67. The van der Waals surface area contributed by atoms with Gasteiger partial charge in [-0.3, -0.25) is 0 Å². The first kappa shape index (κ1) is 11.7. The maximum atomic E-state index is 12.8. The van der Waals surface area contributed by atoms with Crippen LogP contribution in [0.5, 0.6) is 0 Å². The second-order valence-electron chi connectivity index (χ2n) is 3.71. The Morgan fingerprint density at radius 1 is 1.00 bits per heavy atom. The number of anilines is 1. The molecule has 17 heavy (non-hydrogen) atoms. The highest BCUT2D eigenvalue weighted by Crippen LogP contribution is 2.28. The van der Waals surface area contributed by atoms with E-state index in [1.54, 1.807) is 6.07 Å². The number of rotatable bonds is 3. The first-order valence-electron chi connectivity index (χ1n) is 5.09. The summed E-state index contributed by atoms with van der Waals surface area (Å²) in [7, 11) is 0. The fourth-order valence-electron chi connectivity index (χ4n) is 1.78. The third kappa shape index (κ3) is 1.92. The Morgan fingerprint density at radius 2 is 1.71 bits per heavy atom. The molecular formula is C12H11F3N2. The second kappa shape index (κ2) is 4.61. The summed E-state index contributed by atoms with van der Waals surface area (Å²) in [5.41, 5.74) is 6.85. The summed E-state index contributed by atoms with van der Waals surface area (Å²) in [5, 5.41) is 0.499. The van der Waals surface area contributed by atoms with Gasteiger partial charge in [0.1, 0.15) is 20.0 Å². The Hall–Kier alpha value is -1.78. The lowest BCUT2D eigenvalue weighted by Gasteiger charge is -2.09. The van der Waals surface area contributed by atoms with E-state index in [2.05, 4.69) is 4.98 Å². The molecule has 0 atom stereocenters. The van der Waals surface area contributed by atoms with Crippen LogP contribution in [-0.4, -0.2) is 4.98 Å². The van der Waals surface area contributed by atoms with E-state index in [9.17, 15) is 13.2 Å². The molecule has 0 bridgehead atoms. The highest BCUT2D eigenvalue weighted by Gasteiger charge is 2.11. The van der Waals surface area contributed by atoms with E-state index < -0.39 is 20.0 Å². The monoisotopic (exact) mass is 240 g/mol. The molecule has 0 aliphatic rings. The number of hydrogen-bond donors (Lipinski definition) is 1. The molecule has 2 aromatic rings. The van der Waals surface area contributed by atoms with E-state index in [4.69, 9.17) is 5.73 Å². The Bertz CT molecular complexity index is 555. The van der Waals surface area contributed by atoms with Gasteiger partial charge in [-0.1, -0.05) is 12.1 Å². The average Bonchev–Trinajstić information content (AvgIpc) is 2.38. The predicted octanol–water partition coefficient (Wildman–Crippen LogP) is 3.23. The van der Waals surface area contributed by atoms with Crippen molar-refractivity contribution in [2.75, 3.05) is 5.73 Å². The zero-order valence-electron chi connectivity index (χ0n) is 9.01. The van der Waals surface area contributed by atoms with Crippen molar-refractivity contribution in [1.82, 2.24) is 4.98 Å². The summed E-state index contributed by atoms with van der Waals surface area (Å²) >= 11 is 0. The summed E-state index contributed by atoms with van der Waals surface area (Å²) in [5.74, 6) is 0. The fraction of sp³-hybridized carbons (Fsp3) is 0.250. The molecule has 90 valence electrons. The number of benzene rings is 1. The van der Waals surface area contributed by atoms with Crippen LogP contribution in [0, 0.1) is 0 Å². The lowest BCUT2D eigenvalue weighted by Crippen LogP contribution is -1.99. The number of halogens is 3. The first-order valence-corrected chi connectivity index (χ1v) is 5.09. The molecule has 2 N–H and O–H groups in total. The summed E-state index contributed by atoms with van der Waals surface area (Å²) < 4.78 is 38.0. The van der Waals surface area contributed by atoms with E-state index in [-0.39, 0.29) is 22.5 Å². The SMILES string of the molecule is Nc1c(CF)ccc2c(CF)cc(CF)nc12. The molecule has 1 aromatic carbocycles. The van der Waals surface area contributed by atoms with Crippen molar-refractivity contribution in [3.05, 3.63) is 35.0 Å². The number of aromatic nitrogens is 1. The predicted molar refractivity (Wildman–Crippen MR) is 60.6 cm³/mol. The number of nitrogens with two attached hydrogens (primary N) is 1. The van der Waals surface area contributed by atoms with Crippen molar-refractivity contribution in [2.45, 2.75) is 20.0 Å². The number of hydrogen-bond acceptors (Lipinski definition) is 2. The summed E-state index contributed by atoms with van der Waals surface area (Å²) in [6, 6.07) is 4.41. The fourth-order valence-corrected chi connectivity index (χ4v) is 1.78. The van der Waals surface area contributed by atoms with Crippen LogP contribution in [0.3, 0.4) is 0 Å². The van der Waals surface area contributed by atoms with Crippen LogP contribution < -0.4 is 5.73 Å². The Kier molecular flexibility index (Phi) is 3.17. The van der Waals surface area contributed by atoms with Crippen LogP contribution in [0.15, 0.2) is 18.2 Å². The number of nitrogen functional groups attached to an aromatic ring is 1. The molecule has 0 spiro atoms. The van der Waals surface area contributed by atoms with Gasteiger partial charge in [0.25, 0.3) is 0 Å². The standard InChI is InChI=1S/C12H11F3N2/c13-4-7-1-2-10-8(5-14)3-9(6-15)17-12(10)11(7)16/h1-3H,4-6,16H2. The maximum absolute atomic E-state index is 12.8. The number of fused-ring (bicyclic) bond motifs is 1. The molecule has 5 heteroatoms. The molecule has 0 saturated carbocycles. The molecule has 0 unspecified atom stereocenters. The highest BCUT2D eigenvalue weighted by atomic mass is 19.1. The van der Waals surface area contributed by atoms with E-state index in [0.717, 1.165) is 0 Å². The number of alkyl halides is 3. The molecule has 0 aliphatic heterocycles. The molecular weight excluding hydrogens is 229 g/mol. The second-order valence-corrected chi connectivity index (χ2v) is 3.71. The quantitative estimate of drug-likeness (QED) is 0.836. The molecule has 0 radical (unpaired) electrons. The van der Waals surface area contributed by atoms with Crippen LogP contribution in [0.2, 0.25) is 0 Å². The Morgan fingerprint density at radius 3 is 2.29 bits per heavy atom. The lowest BCUT2D eigenvalue weighted by atomic mass is 10.0. The van der Waals surface area contributed by atoms with Crippen LogP contribution in [0.25, 0.3) is 10.9 Å². The molecule has 0 fully saturated rings. The molecule has 1 aromatic heterocycles. The molecule has 0 saturated heterocycles. The van der Waals surface area contributed by atoms with E-state index in [1.807, 2.05) is 0 Å². The topological polar surface area (TPSA) is 38.9 Å². The largest absolute Gasteiger partial charge is 0.397 e. The summed E-state index contributed by atoms with van der Waals surface area (Å²) in [6.45, 7) is -2.27. The van der Waals surface area contributed by atoms with Gasteiger partial charge in [0, 0.05) is 10.9 Å². The molecule has 0 aliphatic carbocycles. The minimum Gasteiger partial charge on any atom is -0.397 e. The number of nitrogens with zero attached hydrogens (tertiary/aromatic N) is 1. The van der Waals surface area contributed by atoms with Gasteiger partial charge in [-0.2, -0.15) is 0 Å². The van der Waals surface area contributed by atoms with Crippen LogP contribution in [0.1, 0.15) is 16.8 Å². The van der Waals surface area contributed by atoms with Gasteiger partial charge in [-0.15, -0.1) is 0 Å². The third-order valence-corrected chi connectivity index (χ3v) is 2.67. The molecule has 1 heterocycles. The van der Waals surface area contributed by atoms with E-state index in [1.165, 1.54) is 12.1 Å². The summed E-state index contributed by atoms with van der Waals surface area (Å²) in [6.07, 6.45) is 0. The zero-order chi connectivity index (χ0) is 12.4. The van der Waals surface area contributed by atoms with Gasteiger partial charge in [-0.05, 0) is 11.6 Å². The van der Waals surface area contributed by atoms with Gasteiger partial charge in [-0.25, -0.2) is 18.2 Å². The molecule has 2 nitrogen and oxygen atoms in total. The number of pyridine rings is 1. The minimum absolute atomic E-state index is 0.104. The van der Waals surface area contributed by atoms with Gasteiger partial charge in [0.05, 0.1) is 16.9 Å². The van der Waals surface area contributed by atoms with Crippen LogP contribution in [0.4, 0.5) is 18.9 Å². The Balaban J connectivity index is 2.80. The van der Waals surface area contributed by atoms with Crippen LogP contribution in [-0.2, 0) is 20.0 Å². The lowest BCUT2D eigenvalue weighted by molar-refractivity contribution is 0.470. The van der Waals surface area contributed by atoms with Gasteiger partial charge in [0.2, 0.25) is 0 Å². The highest BCUT2D eigenvalue weighted by molar-refractivity contribution is 5.93. The maximum Gasteiger partial charge on any atom is 0.131 e. The minimum atomic E-state index is -0.803. The zero-order valence-corrected chi connectivity index (χ0v) is 9.01. The van der Waals surface area contributed by atoms with E-state index in [0.29, 0.717) is 10.9 Å². The van der Waals surface area contributed by atoms with Crippen LogP contribution >= 0.6 is 0 Å². The van der Waals surface area contributed by atoms with Crippen molar-refractivity contribution in [3.63, 3.8) is 0 Å². The van der Waals surface area contributed by atoms with Crippen molar-refractivity contribution in [1.29, 1.82) is 0 Å². The smallest absolute Gasteiger partial charge is 0.131 e. The molecule has 0 amide bonds. The van der Waals surface area contributed by atoms with Crippen molar-refractivity contribution in [2.24, 2.45) is 0 Å². The van der Waals surface area contributed by atoms with Gasteiger partial charge in [0.15, 0.2) is 0 Å². The van der Waals surface area contributed by atoms with Crippen molar-refractivity contribution < 1.29 is 13.2 Å². The first-order chi connectivity index (χ1) is 8.21. The molecule has 2 rings (SSSR count). The van der Waals surface area contributed by atoms with Crippen molar-refractivity contribution >= 4 is 16.6 Å². The normalized spacial score (nSPS) is 11.0. The van der Waals surface area contributed by atoms with Gasteiger partial charge < -0.3 is 5.73 Å². The van der Waals surface area contributed by atoms with Crippen molar-refractivity contribution in [3.8, 4) is 0 Å². The van der Waals surface area contributed by atoms with Gasteiger partial charge >= 0.3 is 0 Å². The summed E-state index contributed by atoms with van der Waals surface area (Å²) in [4.78, 5) is 3.98. The average molecular weight is 240 g/mol. The Labute approximate surface area is 96.3 Å².